The highest BCUT2D eigenvalue weighted by Crippen LogP contribution is 2.36. The molecule has 0 fully saturated rings. The minimum atomic E-state index is 0.198. The van der Waals surface area contributed by atoms with Gasteiger partial charge in [-0.25, -0.2) is 4.98 Å². The smallest absolute Gasteiger partial charge is 0.144 e. The molecule has 3 heterocycles. The van der Waals surface area contributed by atoms with E-state index in [1.165, 1.54) is 0 Å². The molecule has 0 unspecified atom stereocenters. The van der Waals surface area contributed by atoms with Crippen LogP contribution in [0.2, 0.25) is 0 Å². The zero-order chi connectivity index (χ0) is 23.8. The number of aromatic hydroxyl groups is 1. The van der Waals surface area contributed by atoms with Gasteiger partial charge in [-0.1, -0.05) is 48.5 Å². The quantitative estimate of drug-likeness (QED) is 0.320. The van der Waals surface area contributed by atoms with E-state index in [0.717, 1.165) is 44.7 Å². The summed E-state index contributed by atoms with van der Waals surface area (Å²) in [6.07, 6.45) is 3.62. The Labute approximate surface area is 203 Å². The van der Waals surface area contributed by atoms with Crippen LogP contribution in [0.15, 0.2) is 109 Å². The van der Waals surface area contributed by atoms with Crippen molar-refractivity contribution in [1.82, 2.24) is 19.5 Å². The van der Waals surface area contributed by atoms with E-state index in [9.17, 15) is 5.11 Å². The molecule has 5 heteroatoms. The first kappa shape index (κ1) is 20.8. The number of aromatic nitrogens is 4. The van der Waals surface area contributed by atoms with E-state index in [1.807, 2.05) is 78.5 Å². The monoisotopic (exact) mass is 454 g/mol. The first-order chi connectivity index (χ1) is 17.2. The summed E-state index contributed by atoms with van der Waals surface area (Å²) in [6, 6.07) is 31.9. The number of benzene rings is 3. The molecule has 6 aromatic rings. The topological polar surface area (TPSA) is 63.8 Å². The number of aryl methyl sites for hydroxylation is 1. The molecule has 3 aromatic heterocycles. The zero-order valence-electron chi connectivity index (χ0n) is 19.1. The molecule has 0 aliphatic carbocycles. The van der Waals surface area contributed by atoms with Gasteiger partial charge in [0.25, 0.3) is 0 Å². The molecule has 0 saturated carbocycles. The summed E-state index contributed by atoms with van der Waals surface area (Å²) in [5.41, 5.74) is 8.27. The van der Waals surface area contributed by atoms with E-state index >= 15 is 0 Å². The molecule has 0 atom stereocenters. The van der Waals surface area contributed by atoms with Crippen molar-refractivity contribution < 1.29 is 5.11 Å². The number of pyridine rings is 2. The Balaban J connectivity index is 1.59. The summed E-state index contributed by atoms with van der Waals surface area (Å²) in [6.45, 7) is 0. The maximum Gasteiger partial charge on any atom is 0.144 e. The second-order valence-corrected chi connectivity index (χ2v) is 8.42. The molecule has 0 radical (unpaired) electrons. The van der Waals surface area contributed by atoms with Gasteiger partial charge in [-0.05, 0) is 59.7 Å². The van der Waals surface area contributed by atoms with Gasteiger partial charge in [0, 0.05) is 30.6 Å². The highest BCUT2D eigenvalue weighted by atomic mass is 16.3. The van der Waals surface area contributed by atoms with Gasteiger partial charge in [0.1, 0.15) is 17.1 Å². The lowest BCUT2D eigenvalue weighted by molar-refractivity contribution is 0.476. The van der Waals surface area contributed by atoms with Crippen LogP contribution in [-0.4, -0.2) is 24.6 Å². The van der Waals surface area contributed by atoms with Gasteiger partial charge in [0.2, 0.25) is 0 Å². The summed E-state index contributed by atoms with van der Waals surface area (Å²) in [4.78, 5) is 14.3. The summed E-state index contributed by atoms with van der Waals surface area (Å²) in [5.74, 6) is 0.889. The van der Waals surface area contributed by atoms with Crippen LogP contribution in [0.4, 0.5) is 0 Å². The molecule has 0 saturated heterocycles. The second kappa shape index (κ2) is 8.54. The molecule has 0 spiro atoms. The Morgan fingerprint density at radius 3 is 2.20 bits per heavy atom. The van der Waals surface area contributed by atoms with E-state index in [-0.39, 0.29) is 5.75 Å². The molecule has 0 amide bonds. The highest BCUT2D eigenvalue weighted by Gasteiger charge is 2.18. The molecular formula is C30H22N4O. The summed E-state index contributed by atoms with van der Waals surface area (Å²) >= 11 is 0. The van der Waals surface area contributed by atoms with E-state index in [2.05, 4.69) is 35.3 Å². The molecule has 1 N–H and O–H groups in total. The Hall–Kier alpha value is -4.77. The standard InChI is InChI=1S/C30H22N4O/c1-34-26-14-16-32-28(29(26)33-30(34)24-11-5-6-13-27(24)35)23-18-21(20-9-3-2-4-10-20)17-22(19-23)25-12-7-8-15-31-25/h2-19,35H,1H3. The SMILES string of the molecule is Cn1c(-c2ccccc2O)nc2c(-c3cc(-c4ccccc4)cc(-c4ccccn4)c3)nccc21. The molecule has 5 nitrogen and oxygen atoms in total. The Morgan fingerprint density at radius 1 is 0.657 bits per heavy atom. The average Bonchev–Trinajstić information content (AvgIpc) is 3.26. The normalized spacial score (nSPS) is 11.1. The maximum atomic E-state index is 10.4. The molecule has 6 rings (SSSR count). The van der Waals surface area contributed by atoms with E-state index in [1.54, 1.807) is 12.3 Å². The Morgan fingerprint density at radius 2 is 1.40 bits per heavy atom. The number of fused-ring (bicyclic) bond motifs is 1. The predicted molar refractivity (Wildman–Crippen MR) is 140 cm³/mol. The van der Waals surface area contributed by atoms with E-state index < -0.39 is 0 Å². The fourth-order valence-electron chi connectivity index (χ4n) is 4.48. The number of hydrogen-bond donors (Lipinski definition) is 1. The third-order valence-corrected chi connectivity index (χ3v) is 6.22. The van der Waals surface area contributed by atoms with Crippen molar-refractivity contribution in [3.63, 3.8) is 0 Å². The van der Waals surface area contributed by atoms with Crippen LogP contribution in [0.1, 0.15) is 0 Å². The Bertz CT molecular complexity index is 1600. The molecule has 0 aliphatic heterocycles. The van der Waals surface area contributed by atoms with Crippen LogP contribution in [0.5, 0.6) is 5.75 Å². The lowest BCUT2D eigenvalue weighted by Gasteiger charge is -2.10. The third-order valence-electron chi connectivity index (χ3n) is 6.22. The number of imidazole rings is 1. The molecule has 0 bridgehead atoms. The van der Waals surface area contributed by atoms with Crippen molar-refractivity contribution in [3.8, 4) is 50.8 Å². The lowest BCUT2D eigenvalue weighted by Crippen LogP contribution is -1.93. The van der Waals surface area contributed by atoms with Gasteiger partial charge in [-0.2, -0.15) is 0 Å². The lowest BCUT2D eigenvalue weighted by atomic mass is 9.96. The molecule has 35 heavy (non-hydrogen) atoms. The third kappa shape index (κ3) is 3.73. The van der Waals surface area contributed by atoms with Crippen molar-refractivity contribution in [1.29, 1.82) is 0 Å². The van der Waals surface area contributed by atoms with Gasteiger partial charge in [-0.3, -0.25) is 9.97 Å². The predicted octanol–water partition coefficient (Wildman–Crippen LogP) is 6.74. The van der Waals surface area contributed by atoms with Crippen molar-refractivity contribution in [2.45, 2.75) is 0 Å². The fraction of sp³-hybridized carbons (Fsp3) is 0.0333. The van der Waals surface area contributed by atoms with Gasteiger partial charge >= 0.3 is 0 Å². The molecule has 168 valence electrons. The fourth-order valence-corrected chi connectivity index (χ4v) is 4.48. The van der Waals surface area contributed by atoms with Gasteiger partial charge in [0.15, 0.2) is 0 Å². The van der Waals surface area contributed by atoms with Crippen LogP contribution < -0.4 is 0 Å². The highest BCUT2D eigenvalue weighted by molar-refractivity contribution is 5.94. The minimum Gasteiger partial charge on any atom is -0.507 e. The van der Waals surface area contributed by atoms with Gasteiger partial charge in [0.05, 0.1) is 22.5 Å². The number of phenols is 1. The zero-order valence-corrected chi connectivity index (χ0v) is 19.1. The first-order valence-electron chi connectivity index (χ1n) is 11.4. The van der Waals surface area contributed by atoms with Crippen molar-refractivity contribution in [2.75, 3.05) is 0 Å². The number of rotatable bonds is 4. The van der Waals surface area contributed by atoms with Crippen molar-refractivity contribution in [2.24, 2.45) is 7.05 Å². The van der Waals surface area contributed by atoms with E-state index in [4.69, 9.17) is 9.97 Å². The van der Waals surface area contributed by atoms with Crippen molar-refractivity contribution >= 4 is 11.0 Å². The number of hydrogen-bond acceptors (Lipinski definition) is 4. The molecule has 3 aromatic carbocycles. The number of para-hydroxylation sites is 1. The number of nitrogens with zero attached hydrogens (tertiary/aromatic N) is 4. The Kier molecular flexibility index (Phi) is 5.08. The van der Waals surface area contributed by atoms with Crippen molar-refractivity contribution in [3.05, 3.63) is 109 Å². The first-order valence-corrected chi connectivity index (χ1v) is 11.4. The maximum absolute atomic E-state index is 10.4. The van der Waals surface area contributed by atoms with Crippen LogP contribution in [0, 0.1) is 0 Å². The summed E-state index contributed by atoms with van der Waals surface area (Å²) in [5, 5.41) is 10.4. The van der Waals surface area contributed by atoms with Crippen LogP contribution in [0.25, 0.3) is 56.1 Å². The van der Waals surface area contributed by atoms with Gasteiger partial charge in [-0.15, -0.1) is 0 Å². The number of phenolic OH excluding ortho intramolecular Hbond substituents is 1. The van der Waals surface area contributed by atoms with Gasteiger partial charge < -0.3 is 9.67 Å². The van der Waals surface area contributed by atoms with E-state index in [0.29, 0.717) is 11.4 Å². The molecule has 0 aliphatic rings. The minimum absolute atomic E-state index is 0.198. The average molecular weight is 455 g/mol. The van der Waals surface area contributed by atoms with Crippen LogP contribution in [0.3, 0.4) is 0 Å². The summed E-state index contributed by atoms with van der Waals surface area (Å²) in [7, 11) is 1.96. The summed E-state index contributed by atoms with van der Waals surface area (Å²) < 4.78 is 2.00. The van der Waals surface area contributed by atoms with Crippen LogP contribution >= 0.6 is 0 Å². The molecular weight excluding hydrogens is 432 g/mol. The van der Waals surface area contributed by atoms with Crippen LogP contribution in [-0.2, 0) is 7.05 Å². The second-order valence-electron chi connectivity index (χ2n) is 8.42. The largest absolute Gasteiger partial charge is 0.507 e.